The summed E-state index contributed by atoms with van der Waals surface area (Å²) >= 11 is 0. The third kappa shape index (κ3) is 1.61. The number of aromatic nitrogens is 2. The van der Waals surface area contributed by atoms with Crippen LogP contribution in [0.2, 0.25) is 0 Å². The Labute approximate surface area is 91.4 Å². The highest BCUT2D eigenvalue weighted by molar-refractivity contribution is 5.30. The normalized spacial score (nSPS) is 20.9. The molecule has 1 aromatic rings. The van der Waals surface area contributed by atoms with Gasteiger partial charge in [0.2, 0.25) is 0 Å². The van der Waals surface area contributed by atoms with E-state index >= 15 is 0 Å². The molecule has 1 aliphatic rings. The van der Waals surface area contributed by atoms with Crippen LogP contribution in [0.1, 0.15) is 31.2 Å². The van der Waals surface area contributed by atoms with Gasteiger partial charge < -0.3 is 5.73 Å². The molecule has 1 aliphatic carbocycles. The maximum Gasteiger partial charge on any atom is 0.435 e. The number of nitrogens with zero attached hydrogens (tertiary/aromatic N) is 2. The van der Waals surface area contributed by atoms with Crippen molar-refractivity contribution in [2.45, 2.75) is 37.4 Å². The average Bonchev–Trinajstić information content (AvgIpc) is 2.84. The van der Waals surface area contributed by atoms with E-state index in [1.807, 2.05) is 6.92 Å². The summed E-state index contributed by atoms with van der Waals surface area (Å²) in [6.45, 7) is 1.83. The Morgan fingerprint density at radius 2 is 2.06 bits per heavy atom. The first-order valence-corrected chi connectivity index (χ1v) is 5.15. The van der Waals surface area contributed by atoms with Crippen LogP contribution in [-0.2, 0) is 18.6 Å². The molecular formula is C10H14F3N3. The molecule has 1 atom stereocenters. The summed E-state index contributed by atoms with van der Waals surface area (Å²) in [5.74, 6) is 0. The molecule has 0 aliphatic heterocycles. The number of aryl methyl sites for hydroxylation is 1. The largest absolute Gasteiger partial charge is 0.435 e. The molecule has 1 saturated carbocycles. The third-order valence-corrected chi connectivity index (χ3v) is 3.34. The highest BCUT2D eigenvalue weighted by Crippen LogP contribution is 2.50. The van der Waals surface area contributed by atoms with E-state index in [-0.39, 0.29) is 11.5 Å². The lowest BCUT2D eigenvalue weighted by molar-refractivity contribution is -0.141. The zero-order chi connectivity index (χ0) is 12.1. The minimum absolute atomic E-state index is 0.149. The molecule has 16 heavy (non-hydrogen) atoms. The summed E-state index contributed by atoms with van der Waals surface area (Å²) in [6.07, 6.45) is -2.72. The van der Waals surface area contributed by atoms with Gasteiger partial charge in [-0.1, -0.05) is 0 Å². The molecular weight excluding hydrogens is 219 g/mol. The molecule has 6 heteroatoms. The van der Waals surface area contributed by atoms with Crippen LogP contribution >= 0.6 is 0 Å². The lowest BCUT2D eigenvalue weighted by atomic mass is 9.94. The fraction of sp³-hybridized carbons (Fsp3) is 0.700. The summed E-state index contributed by atoms with van der Waals surface area (Å²) in [4.78, 5) is 0. The monoisotopic (exact) mass is 233 g/mol. The Morgan fingerprint density at radius 1 is 1.50 bits per heavy atom. The second-order valence-electron chi connectivity index (χ2n) is 4.48. The van der Waals surface area contributed by atoms with E-state index in [1.165, 1.54) is 11.7 Å². The van der Waals surface area contributed by atoms with Crippen LogP contribution in [0.5, 0.6) is 0 Å². The Balaban J connectivity index is 2.41. The molecule has 0 bridgehead atoms. The molecule has 2 rings (SSSR count). The molecule has 0 radical (unpaired) electrons. The van der Waals surface area contributed by atoms with Gasteiger partial charge in [-0.2, -0.15) is 18.3 Å². The summed E-state index contributed by atoms with van der Waals surface area (Å²) in [5.41, 5.74) is 5.29. The van der Waals surface area contributed by atoms with Gasteiger partial charge >= 0.3 is 6.18 Å². The number of hydrogen-bond donors (Lipinski definition) is 1. The van der Waals surface area contributed by atoms with Gasteiger partial charge in [-0.25, -0.2) is 0 Å². The zero-order valence-corrected chi connectivity index (χ0v) is 9.17. The van der Waals surface area contributed by atoms with Gasteiger partial charge in [0.05, 0.1) is 0 Å². The number of halogens is 3. The first kappa shape index (κ1) is 11.4. The number of hydrogen-bond acceptors (Lipinski definition) is 2. The third-order valence-electron chi connectivity index (χ3n) is 3.34. The predicted molar refractivity (Wildman–Crippen MR) is 52.8 cm³/mol. The van der Waals surface area contributed by atoms with Gasteiger partial charge in [-0.15, -0.1) is 0 Å². The van der Waals surface area contributed by atoms with E-state index in [9.17, 15) is 13.2 Å². The summed E-state index contributed by atoms with van der Waals surface area (Å²) in [6, 6.07) is 0.972. The SMILES string of the molecule is CC(N)C1(c2cc(C(F)(F)F)nn2C)CC1. The van der Waals surface area contributed by atoms with E-state index in [0.717, 1.165) is 18.9 Å². The molecule has 1 heterocycles. The van der Waals surface area contributed by atoms with Crippen LogP contribution in [0.4, 0.5) is 13.2 Å². The van der Waals surface area contributed by atoms with Gasteiger partial charge in [-0.3, -0.25) is 4.68 Å². The van der Waals surface area contributed by atoms with Crippen molar-refractivity contribution in [3.8, 4) is 0 Å². The standard InChI is InChI=1S/C10H14F3N3/c1-6(14)9(3-4-9)8-5-7(10(11,12)13)15-16(8)2/h5-6H,3-4,14H2,1-2H3. The van der Waals surface area contributed by atoms with Crippen molar-refractivity contribution in [3.05, 3.63) is 17.5 Å². The Morgan fingerprint density at radius 3 is 2.38 bits per heavy atom. The fourth-order valence-corrected chi connectivity index (χ4v) is 2.15. The molecule has 1 aromatic heterocycles. The highest BCUT2D eigenvalue weighted by Gasteiger charge is 2.50. The molecule has 2 N–H and O–H groups in total. The smallest absolute Gasteiger partial charge is 0.327 e. The fourth-order valence-electron chi connectivity index (χ4n) is 2.15. The Hall–Kier alpha value is -1.04. The highest BCUT2D eigenvalue weighted by atomic mass is 19.4. The van der Waals surface area contributed by atoms with E-state index < -0.39 is 11.9 Å². The van der Waals surface area contributed by atoms with Gasteiger partial charge in [0, 0.05) is 24.2 Å². The van der Waals surface area contributed by atoms with Crippen molar-refractivity contribution in [2.75, 3.05) is 0 Å². The summed E-state index contributed by atoms with van der Waals surface area (Å²) < 4.78 is 38.8. The van der Waals surface area contributed by atoms with E-state index in [0.29, 0.717) is 5.69 Å². The van der Waals surface area contributed by atoms with Gasteiger partial charge in [0.25, 0.3) is 0 Å². The summed E-state index contributed by atoms with van der Waals surface area (Å²) in [7, 11) is 1.53. The van der Waals surface area contributed by atoms with Crippen molar-refractivity contribution in [2.24, 2.45) is 12.8 Å². The second kappa shape index (κ2) is 3.23. The topological polar surface area (TPSA) is 43.8 Å². The van der Waals surface area contributed by atoms with E-state index in [4.69, 9.17) is 5.73 Å². The van der Waals surface area contributed by atoms with Crippen molar-refractivity contribution in [1.82, 2.24) is 9.78 Å². The van der Waals surface area contributed by atoms with E-state index in [1.54, 1.807) is 0 Å². The minimum Gasteiger partial charge on any atom is -0.327 e. The lowest BCUT2D eigenvalue weighted by Crippen LogP contribution is -2.33. The molecule has 90 valence electrons. The molecule has 0 saturated heterocycles. The van der Waals surface area contributed by atoms with E-state index in [2.05, 4.69) is 5.10 Å². The molecule has 1 unspecified atom stereocenters. The molecule has 1 fully saturated rings. The molecule has 3 nitrogen and oxygen atoms in total. The van der Waals surface area contributed by atoms with Crippen LogP contribution < -0.4 is 5.73 Å². The lowest BCUT2D eigenvalue weighted by Gasteiger charge is -2.19. The van der Waals surface area contributed by atoms with Crippen LogP contribution in [0.15, 0.2) is 6.07 Å². The Kier molecular flexibility index (Phi) is 2.31. The first-order chi connectivity index (χ1) is 7.27. The van der Waals surface area contributed by atoms with Crippen LogP contribution in [-0.4, -0.2) is 15.8 Å². The van der Waals surface area contributed by atoms with Crippen molar-refractivity contribution in [3.63, 3.8) is 0 Å². The Bertz CT molecular complexity index is 402. The van der Waals surface area contributed by atoms with Crippen molar-refractivity contribution in [1.29, 1.82) is 0 Å². The zero-order valence-electron chi connectivity index (χ0n) is 9.17. The maximum absolute atomic E-state index is 12.5. The van der Waals surface area contributed by atoms with Gasteiger partial charge in [0.15, 0.2) is 5.69 Å². The minimum atomic E-state index is -4.38. The van der Waals surface area contributed by atoms with Crippen LogP contribution in [0, 0.1) is 0 Å². The number of nitrogens with two attached hydrogens (primary N) is 1. The number of rotatable bonds is 2. The van der Waals surface area contributed by atoms with Crippen LogP contribution in [0.3, 0.4) is 0 Å². The van der Waals surface area contributed by atoms with Crippen molar-refractivity contribution < 1.29 is 13.2 Å². The van der Waals surface area contributed by atoms with Gasteiger partial charge in [0.1, 0.15) is 0 Å². The second-order valence-corrected chi connectivity index (χ2v) is 4.48. The molecule has 0 amide bonds. The predicted octanol–water partition coefficient (Wildman–Crippen LogP) is 1.82. The van der Waals surface area contributed by atoms with Crippen LogP contribution in [0.25, 0.3) is 0 Å². The molecule has 0 aromatic carbocycles. The quantitative estimate of drug-likeness (QED) is 0.846. The first-order valence-electron chi connectivity index (χ1n) is 5.15. The summed E-state index contributed by atoms with van der Waals surface area (Å²) in [5, 5.41) is 3.51. The van der Waals surface area contributed by atoms with Crippen molar-refractivity contribution >= 4 is 0 Å². The number of alkyl halides is 3. The average molecular weight is 233 g/mol. The molecule has 0 spiro atoms. The maximum atomic E-state index is 12.5. The van der Waals surface area contributed by atoms with Gasteiger partial charge in [-0.05, 0) is 25.8 Å².